The fourth-order valence-corrected chi connectivity index (χ4v) is 3.49. The molecule has 3 aromatic rings. The Morgan fingerprint density at radius 1 is 0.920 bits per heavy atom. The maximum Gasteiger partial charge on any atom is 0.328 e. The van der Waals surface area contributed by atoms with E-state index in [4.69, 9.17) is 0 Å². The highest BCUT2D eigenvalue weighted by atomic mass is 79.9. The van der Waals surface area contributed by atoms with Gasteiger partial charge in [-0.25, -0.2) is 10.3 Å². The van der Waals surface area contributed by atoms with Crippen molar-refractivity contribution in [2.24, 2.45) is 0 Å². The molecule has 0 unspecified atom stereocenters. The maximum atomic E-state index is 12.7. The number of hydrogen-bond acceptors (Lipinski definition) is 2. The summed E-state index contributed by atoms with van der Waals surface area (Å²) in [6, 6.07) is 21.2. The second kappa shape index (κ2) is 7.58. The average Bonchev–Trinajstić information content (AvgIpc) is 2.63. The van der Waals surface area contributed by atoms with Crippen LogP contribution >= 0.6 is 15.9 Å². The molecule has 0 aliphatic heterocycles. The van der Waals surface area contributed by atoms with Crippen LogP contribution < -0.4 is 14.7 Å². The minimum atomic E-state index is -3.73. The number of benzene rings is 2. The van der Waals surface area contributed by atoms with Crippen LogP contribution in [-0.2, 0) is 10.0 Å². The lowest BCUT2D eigenvalue weighted by atomic mass is 10.2. The van der Waals surface area contributed by atoms with Crippen LogP contribution in [0.5, 0.6) is 0 Å². The zero-order chi connectivity index (χ0) is 17.7. The van der Waals surface area contributed by atoms with Crippen LogP contribution in [0.1, 0.15) is 5.56 Å². The van der Waals surface area contributed by atoms with Gasteiger partial charge in [0.15, 0.2) is 0 Å². The highest BCUT2D eigenvalue weighted by Crippen LogP contribution is 2.12. The smallest absolute Gasteiger partial charge is 0.247 e. The number of aromatic nitrogens is 1. The molecule has 0 radical (unpaired) electrons. The lowest BCUT2D eigenvalue weighted by molar-refractivity contribution is -0.361. The van der Waals surface area contributed by atoms with Gasteiger partial charge >= 0.3 is 10.0 Å². The number of nitrogens with one attached hydrogen (secondary N) is 3. The van der Waals surface area contributed by atoms with Gasteiger partial charge in [-0.1, -0.05) is 40.2 Å². The SMILES string of the molecule is O=S(=O)([NH+]=C(Nc1cccc[nH+]1)c1ccccc1)c1ccc(Br)cc1. The topological polar surface area (TPSA) is 74.3 Å². The number of halogens is 1. The standard InChI is InChI=1S/C18H14BrN3O2S/c19-15-9-11-16(12-10-15)25(23,24)22-18(14-6-2-1-3-7-14)21-17-8-4-5-13-20-17/h1-13H,(H,20,21,22)/p+2. The zero-order valence-corrected chi connectivity index (χ0v) is 15.5. The molecule has 0 aliphatic rings. The highest BCUT2D eigenvalue weighted by Gasteiger charge is 2.21. The molecular formula is C18H16BrN3O2S+2. The second-order valence-electron chi connectivity index (χ2n) is 5.20. The van der Waals surface area contributed by atoms with E-state index >= 15 is 0 Å². The Bertz CT molecular complexity index is 974. The fraction of sp³-hybridized carbons (Fsp3) is 0. The Kier molecular flexibility index (Phi) is 5.25. The van der Waals surface area contributed by atoms with E-state index < -0.39 is 10.0 Å². The predicted octanol–water partition coefficient (Wildman–Crippen LogP) is 1.59. The van der Waals surface area contributed by atoms with Gasteiger partial charge in [0.25, 0.3) is 11.7 Å². The van der Waals surface area contributed by atoms with Gasteiger partial charge in [0.2, 0.25) is 0 Å². The summed E-state index contributed by atoms with van der Waals surface area (Å²) in [5.74, 6) is 1.03. The van der Waals surface area contributed by atoms with Crippen molar-refractivity contribution in [3.05, 3.63) is 89.0 Å². The van der Waals surface area contributed by atoms with Crippen molar-refractivity contribution in [2.45, 2.75) is 4.90 Å². The Hall–Kier alpha value is -2.51. The van der Waals surface area contributed by atoms with Crippen LogP contribution in [0, 0.1) is 0 Å². The molecule has 0 spiro atoms. The number of amidine groups is 1. The van der Waals surface area contributed by atoms with Gasteiger partial charge in [-0.3, -0.25) is 0 Å². The first kappa shape index (κ1) is 17.3. The van der Waals surface area contributed by atoms with Crippen molar-refractivity contribution in [3.8, 4) is 0 Å². The zero-order valence-electron chi connectivity index (χ0n) is 13.1. The first-order valence-electron chi connectivity index (χ1n) is 7.49. The molecule has 5 nitrogen and oxygen atoms in total. The van der Waals surface area contributed by atoms with Crippen LogP contribution in [0.2, 0.25) is 0 Å². The van der Waals surface area contributed by atoms with Gasteiger partial charge in [-0.2, -0.15) is 12.8 Å². The molecule has 0 atom stereocenters. The fourth-order valence-electron chi connectivity index (χ4n) is 2.17. The Balaban J connectivity index is 2.04. The number of hydrogen-bond donors (Lipinski definition) is 2. The number of aromatic amines is 1. The number of sulfonamides is 1. The van der Waals surface area contributed by atoms with Crippen LogP contribution in [0.15, 0.2) is 88.4 Å². The summed E-state index contributed by atoms with van der Waals surface area (Å²) < 4.78 is 28.9. The van der Waals surface area contributed by atoms with Crippen LogP contribution in [0.25, 0.3) is 0 Å². The molecule has 1 aromatic heterocycles. The van der Waals surface area contributed by atoms with Gasteiger partial charge < -0.3 is 0 Å². The molecule has 0 aliphatic carbocycles. The van der Waals surface area contributed by atoms with E-state index in [1.54, 1.807) is 30.5 Å². The van der Waals surface area contributed by atoms with Gasteiger partial charge in [0, 0.05) is 10.5 Å². The van der Waals surface area contributed by atoms with Crippen LogP contribution in [0.3, 0.4) is 0 Å². The number of rotatable bonds is 4. The van der Waals surface area contributed by atoms with E-state index in [2.05, 4.69) is 30.6 Å². The highest BCUT2D eigenvalue weighted by molar-refractivity contribution is 9.10. The molecule has 3 N–H and O–H groups in total. The molecule has 2 aromatic carbocycles. The lowest BCUT2D eigenvalue weighted by Gasteiger charge is -2.03. The third-order valence-corrected chi connectivity index (χ3v) is 5.29. The Labute approximate surface area is 154 Å². The average molecular weight is 418 g/mol. The molecule has 126 valence electrons. The molecule has 0 fully saturated rings. The van der Waals surface area contributed by atoms with Gasteiger partial charge in [-0.05, 0) is 42.5 Å². The largest absolute Gasteiger partial charge is 0.328 e. The van der Waals surface area contributed by atoms with Crippen molar-refractivity contribution in [2.75, 3.05) is 5.32 Å². The summed E-state index contributed by atoms with van der Waals surface area (Å²) in [6.45, 7) is 0. The Morgan fingerprint density at radius 3 is 2.24 bits per heavy atom. The van der Waals surface area contributed by atoms with Gasteiger partial charge in [0.1, 0.15) is 4.90 Å². The van der Waals surface area contributed by atoms with Crippen LogP contribution in [0.4, 0.5) is 5.82 Å². The molecule has 0 bridgehead atoms. The van der Waals surface area contributed by atoms with E-state index in [-0.39, 0.29) is 4.90 Å². The van der Waals surface area contributed by atoms with E-state index in [0.717, 1.165) is 10.0 Å². The van der Waals surface area contributed by atoms with Crippen molar-refractivity contribution in [1.82, 2.24) is 0 Å². The second-order valence-corrected chi connectivity index (χ2v) is 7.80. The minimum Gasteiger partial charge on any atom is -0.247 e. The molecule has 0 saturated carbocycles. The molecule has 0 saturated heterocycles. The quantitative estimate of drug-likeness (QED) is 0.499. The number of H-pyrrole nitrogens is 1. The first-order valence-corrected chi connectivity index (χ1v) is 9.77. The molecule has 7 heteroatoms. The number of pyridine rings is 1. The van der Waals surface area contributed by atoms with E-state index in [0.29, 0.717) is 11.7 Å². The number of anilines is 1. The monoisotopic (exact) mass is 417 g/mol. The molecule has 3 rings (SSSR count). The van der Waals surface area contributed by atoms with Crippen molar-refractivity contribution in [3.63, 3.8) is 0 Å². The summed E-state index contributed by atoms with van der Waals surface area (Å²) in [7, 11) is -3.73. The normalized spacial score (nSPS) is 12.0. The lowest BCUT2D eigenvalue weighted by Crippen LogP contribution is -2.78. The maximum absolute atomic E-state index is 12.7. The van der Waals surface area contributed by atoms with Gasteiger partial charge in [0.05, 0.1) is 11.8 Å². The summed E-state index contributed by atoms with van der Waals surface area (Å²) >= 11 is 3.31. The first-order chi connectivity index (χ1) is 12.0. The Morgan fingerprint density at radius 2 is 1.60 bits per heavy atom. The van der Waals surface area contributed by atoms with E-state index in [1.165, 1.54) is 0 Å². The molecule has 1 heterocycles. The third kappa shape index (κ3) is 4.52. The molecule has 25 heavy (non-hydrogen) atoms. The summed E-state index contributed by atoms with van der Waals surface area (Å²) in [5.41, 5.74) is 0.723. The summed E-state index contributed by atoms with van der Waals surface area (Å²) in [5, 5.41) is 3.09. The third-order valence-electron chi connectivity index (χ3n) is 3.39. The molecular weight excluding hydrogens is 402 g/mol. The summed E-state index contributed by atoms with van der Waals surface area (Å²) in [4.78, 5) is 3.21. The molecule has 0 amide bonds. The predicted molar refractivity (Wildman–Crippen MR) is 99.5 cm³/mol. The van der Waals surface area contributed by atoms with Crippen molar-refractivity contribution >= 4 is 37.6 Å². The van der Waals surface area contributed by atoms with E-state index in [1.807, 2.05) is 48.5 Å². The van der Waals surface area contributed by atoms with Crippen LogP contribution in [-0.4, -0.2) is 14.3 Å². The van der Waals surface area contributed by atoms with E-state index in [9.17, 15) is 8.42 Å². The minimum absolute atomic E-state index is 0.183. The van der Waals surface area contributed by atoms with Crippen molar-refractivity contribution < 1.29 is 17.8 Å². The summed E-state index contributed by atoms with van der Waals surface area (Å²) in [6.07, 6.45) is 1.76. The van der Waals surface area contributed by atoms with Crippen molar-refractivity contribution in [1.29, 1.82) is 0 Å². The van der Waals surface area contributed by atoms with Gasteiger partial charge in [-0.15, -0.1) is 0 Å².